The molecule has 1 fully saturated rings. The van der Waals surface area contributed by atoms with Gasteiger partial charge in [0.25, 0.3) is 5.91 Å². The van der Waals surface area contributed by atoms with Crippen molar-refractivity contribution in [1.82, 2.24) is 15.1 Å². The van der Waals surface area contributed by atoms with E-state index < -0.39 is 0 Å². The van der Waals surface area contributed by atoms with Gasteiger partial charge >= 0.3 is 0 Å². The smallest absolute Gasteiger partial charge is 0.251 e. The Morgan fingerprint density at radius 2 is 1.73 bits per heavy atom. The molecule has 0 aliphatic carbocycles. The molecule has 0 aromatic heterocycles. The summed E-state index contributed by atoms with van der Waals surface area (Å²) in [5.74, 6) is 0.736. The largest absolute Gasteiger partial charge is 0.494 e. The van der Waals surface area contributed by atoms with Crippen LogP contribution in [0.5, 0.6) is 5.75 Å². The molecule has 1 aliphatic rings. The van der Waals surface area contributed by atoms with Gasteiger partial charge in [0.05, 0.1) is 12.6 Å². The van der Waals surface area contributed by atoms with Crippen LogP contribution in [-0.4, -0.2) is 62.1 Å². The quantitative estimate of drug-likeness (QED) is 0.605. The summed E-state index contributed by atoms with van der Waals surface area (Å²) in [6.45, 7) is 7.40. The standard InChI is InChI=1S/C24H32ClN3O2/c1-3-4-17-30-22-11-7-20(8-12-22)24(29)26-18-23(19-5-9-21(25)10-6-19)28-15-13-27(2)14-16-28/h5-12,23H,3-4,13-18H2,1-2H3,(H,26,29). The number of piperazine rings is 1. The molecule has 2 aromatic carbocycles. The Balaban J connectivity index is 1.62. The van der Waals surface area contributed by atoms with Gasteiger partial charge in [0.1, 0.15) is 5.75 Å². The molecular formula is C24H32ClN3O2. The minimum Gasteiger partial charge on any atom is -0.494 e. The van der Waals surface area contributed by atoms with Gasteiger partial charge in [-0.25, -0.2) is 0 Å². The number of nitrogens with one attached hydrogen (secondary N) is 1. The second-order valence-corrected chi connectivity index (χ2v) is 8.28. The predicted octanol–water partition coefficient (Wildman–Crippen LogP) is 4.24. The number of carbonyl (C=O) groups excluding carboxylic acids is 1. The maximum absolute atomic E-state index is 12.7. The fraction of sp³-hybridized carbons (Fsp3) is 0.458. The lowest BCUT2D eigenvalue weighted by molar-refractivity contribution is 0.0886. The van der Waals surface area contributed by atoms with Gasteiger partial charge in [-0.3, -0.25) is 9.69 Å². The van der Waals surface area contributed by atoms with Gasteiger partial charge in [0.2, 0.25) is 0 Å². The third-order valence-electron chi connectivity index (χ3n) is 5.57. The summed E-state index contributed by atoms with van der Waals surface area (Å²) in [6, 6.07) is 15.4. The van der Waals surface area contributed by atoms with Crippen molar-refractivity contribution >= 4 is 17.5 Å². The summed E-state index contributed by atoms with van der Waals surface area (Å²) in [4.78, 5) is 17.5. The topological polar surface area (TPSA) is 44.8 Å². The first-order valence-corrected chi connectivity index (χ1v) is 11.1. The van der Waals surface area contributed by atoms with E-state index in [-0.39, 0.29) is 11.9 Å². The van der Waals surface area contributed by atoms with Gasteiger partial charge < -0.3 is 15.0 Å². The Labute approximate surface area is 185 Å². The van der Waals surface area contributed by atoms with Gasteiger partial charge in [-0.15, -0.1) is 0 Å². The summed E-state index contributed by atoms with van der Waals surface area (Å²) in [7, 11) is 2.14. The second kappa shape index (κ2) is 11.3. The lowest BCUT2D eigenvalue weighted by Gasteiger charge is -2.38. The fourth-order valence-corrected chi connectivity index (χ4v) is 3.73. The van der Waals surface area contributed by atoms with Crippen LogP contribution < -0.4 is 10.1 Å². The average molecular weight is 430 g/mol. The highest BCUT2D eigenvalue weighted by Gasteiger charge is 2.24. The van der Waals surface area contributed by atoms with Crippen molar-refractivity contribution in [1.29, 1.82) is 0 Å². The molecule has 1 saturated heterocycles. The lowest BCUT2D eigenvalue weighted by Crippen LogP contribution is -2.48. The van der Waals surface area contributed by atoms with Crippen molar-refractivity contribution in [2.24, 2.45) is 0 Å². The zero-order valence-electron chi connectivity index (χ0n) is 17.9. The molecule has 1 aliphatic heterocycles. The molecule has 30 heavy (non-hydrogen) atoms. The predicted molar refractivity (Wildman–Crippen MR) is 122 cm³/mol. The Bertz CT molecular complexity index is 787. The van der Waals surface area contributed by atoms with E-state index in [0.717, 1.165) is 49.8 Å². The van der Waals surface area contributed by atoms with E-state index >= 15 is 0 Å². The van der Waals surface area contributed by atoms with Crippen molar-refractivity contribution in [2.75, 3.05) is 46.4 Å². The molecular weight excluding hydrogens is 398 g/mol. The van der Waals surface area contributed by atoms with Crippen LogP contribution in [0.3, 0.4) is 0 Å². The molecule has 0 spiro atoms. The number of hydrogen-bond donors (Lipinski definition) is 1. The number of hydrogen-bond acceptors (Lipinski definition) is 4. The average Bonchev–Trinajstić information content (AvgIpc) is 2.77. The summed E-state index contributed by atoms with van der Waals surface area (Å²) in [6.07, 6.45) is 2.13. The summed E-state index contributed by atoms with van der Waals surface area (Å²) in [5.41, 5.74) is 1.81. The van der Waals surface area contributed by atoms with Crippen LogP contribution in [0.2, 0.25) is 5.02 Å². The fourth-order valence-electron chi connectivity index (χ4n) is 3.60. The Morgan fingerprint density at radius 1 is 1.07 bits per heavy atom. The van der Waals surface area contributed by atoms with E-state index in [1.807, 2.05) is 36.4 Å². The Kier molecular flexibility index (Phi) is 8.55. The molecule has 1 unspecified atom stereocenters. The van der Waals surface area contributed by atoms with Gasteiger partial charge in [-0.2, -0.15) is 0 Å². The SMILES string of the molecule is CCCCOc1ccc(C(=O)NCC(c2ccc(Cl)cc2)N2CCN(C)CC2)cc1. The molecule has 2 aromatic rings. The van der Waals surface area contributed by atoms with Crippen molar-refractivity contribution in [2.45, 2.75) is 25.8 Å². The highest BCUT2D eigenvalue weighted by molar-refractivity contribution is 6.30. The number of nitrogens with zero attached hydrogens (tertiary/aromatic N) is 2. The molecule has 0 saturated carbocycles. The zero-order valence-corrected chi connectivity index (χ0v) is 18.7. The molecule has 3 rings (SSSR count). The van der Waals surface area contributed by atoms with Gasteiger partial charge in [0, 0.05) is 43.3 Å². The van der Waals surface area contributed by atoms with E-state index in [0.29, 0.717) is 18.7 Å². The van der Waals surface area contributed by atoms with Crippen molar-refractivity contribution < 1.29 is 9.53 Å². The van der Waals surface area contributed by atoms with E-state index in [9.17, 15) is 4.79 Å². The number of halogens is 1. The van der Waals surface area contributed by atoms with Crippen molar-refractivity contribution in [3.8, 4) is 5.75 Å². The van der Waals surface area contributed by atoms with Crippen LogP contribution in [0.25, 0.3) is 0 Å². The van der Waals surface area contributed by atoms with Gasteiger partial charge in [0.15, 0.2) is 0 Å². The first-order valence-electron chi connectivity index (χ1n) is 10.8. The molecule has 1 amide bonds. The van der Waals surface area contributed by atoms with Crippen LogP contribution >= 0.6 is 11.6 Å². The number of likely N-dealkylation sites (N-methyl/N-ethyl adjacent to an activating group) is 1. The van der Waals surface area contributed by atoms with E-state index in [1.165, 1.54) is 5.56 Å². The molecule has 6 heteroatoms. The van der Waals surface area contributed by atoms with E-state index in [1.54, 1.807) is 0 Å². The van der Waals surface area contributed by atoms with Crippen LogP contribution in [0.15, 0.2) is 48.5 Å². The first-order chi connectivity index (χ1) is 14.6. The van der Waals surface area contributed by atoms with Crippen LogP contribution in [0, 0.1) is 0 Å². The number of carbonyl (C=O) groups is 1. The van der Waals surface area contributed by atoms with E-state index in [4.69, 9.17) is 16.3 Å². The highest BCUT2D eigenvalue weighted by atomic mass is 35.5. The van der Waals surface area contributed by atoms with Gasteiger partial charge in [-0.05, 0) is 55.4 Å². The minimum atomic E-state index is -0.0665. The Morgan fingerprint density at radius 3 is 2.37 bits per heavy atom. The lowest BCUT2D eigenvalue weighted by atomic mass is 10.0. The molecule has 162 valence electrons. The van der Waals surface area contributed by atoms with Gasteiger partial charge in [-0.1, -0.05) is 37.1 Å². The normalized spacial score (nSPS) is 16.2. The third-order valence-corrected chi connectivity index (χ3v) is 5.82. The molecule has 0 bridgehead atoms. The maximum atomic E-state index is 12.7. The van der Waals surface area contributed by atoms with E-state index in [2.05, 4.69) is 41.2 Å². The number of ether oxygens (including phenoxy) is 1. The molecule has 0 radical (unpaired) electrons. The number of benzene rings is 2. The van der Waals surface area contributed by atoms with Crippen molar-refractivity contribution in [3.05, 3.63) is 64.7 Å². The summed E-state index contributed by atoms with van der Waals surface area (Å²) in [5, 5.41) is 3.85. The zero-order chi connectivity index (χ0) is 21.3. The van der Waals surface area contributed by atoms with Crippen LogP contribution in [0.1, 0.15) is 41.7 Å². The van der Waals surface area contributed by atoms with Crippen LogP contribution in [0.4, 0.5) is 0 Å². The Hall–Kier alpha value is -2.08. The maximum Gasteiger partial charge on any atom is 0.251 e. The first kappa shape index (κ1) is 22.6. The number of amides is 1. The monoisotopic (exact) mass is 429 g/mol. The van der Waals surface area contributed by atoms with Crippen molar-refractivity contribution in [3.63, 3.8) is 0 Å². The number of unbranched alkanes of at least 4 members (excludes halogenated alkanes) is 1. The molecule has 5 nitrogen and oxygen atoms in total. The second-order valence-electron chi connectivity index (χ2n) is 7.84. The van der Waals surface area contributed by atoms with Crippen LogP contribution in [-0.2, 0) is 0 Å². The summed E-state index contributed by atoms with van der Waals surface area (Å²) >= 11 is 6.08. The molecule has 1 heterocycles. The number of rotatable bonds is 9. The third kappa shape index (κ3) is 6.46. The molecule has 1 atom stereocenters. The highest BCUT2D eigenvalue weighted by Crippen LogP contribution is 2.23. The molecule has 1 N–H and O–H groups in total. The minimum absolute atomic E-state index is 0.0665. The summed E-state index contributed by atoms with van der Waals surface area (Å²) < 4.78 is 5.68.